The first-order valence-electron chi connectivity index (χ1n) is 9.12. The van der Waals surface area contributed by atoms with Crippen LogP contribution in [0.3, 0.4) is 0 Å². The lowest BCUT2D eigenvalue weighted by Crippen LogP contribution is -2.44. The number of hydrogen-bond acceptors (Lipinski definition) is 3. The Morgan fingerprint density at radius 2 is 1.82 bits per heavy atom. The maximum absolute atomic E-state index is 13.8. The first-order valence-corrected chi connectivity index (χ1v) is 9.12. The molecule has 0 spiro atoms. The van der Waals surface area contributed by atoms with E-state index >= 15 is 0 Å². The zero-order valence-electron chi connectivity index (χ0n) is 16.0. The number of rotatable bonds is 4. The average molecular weight is 406 g/mol. The molecular formula is C21H25ClFN3O2. The van der Waals surface area contributed by atoms with Crippen LogP contribution in [0.1, 0.15) is 39.1 Å². The Bertz CT molecular complexity index is 853. The molecular weight excluding hydrogens is 381 g/mol. The van der Waals surface area contributed by atoms with Crippen molar-refractivity contribution in [2.45, 2.75) is 25.8 Å². The van der Waals surface area contributed by atoms with Gasteiger partial charge < -0.3 is 15.5 Å². The van der Waals surface area contributed by atoms with Crippen LogP contribution in [0.25, 0.3) is 0 Å². The van der Waals surface area contributed by atoms with Crippen LogP contribution in [0.15, 0.2) is 42.5 Å². The van der Waals surface area contributed by atoms with Crippen molar-refractivity contribution in [2.75, 3.05) is 25.5 Å². The second-order valence-corrected chi connectivity index (χ2v) is 6.86. The number of aryl methyl sites for hydroxylation is 1. The molecule has 1 aliphatic rings. The fraction of sp³-hybridized carbons (Fsp3) is 0.333. The molecule has 2 aromatic carbocycles. The first kappa shape index (κ1) is 21.9. The summed E-state index contributed by atoms with van der Waals surface area (Å²) in [6.45, 7) is 3.64. The van der Waals surface area contributed by atoms with Crippen LogP contribution in [0.4, 0.5) is 10.1 Å². The van der Waals surface area contributed by atoms with Gasteiger partial charge in [0.2, 0.25) is 0 Å². The Balaban J connectivity index is 0.00000280. The van der Waals surface area contributed by atoms with Gasteiger partial charge in [-0.15, -0.1) is 12.4 Å². The van der Waals surface area contributed by atoms with Gasteiger partial charge in [-0.2, -0.15) is 0 Å². The maximum Gasteiger partial charge on any atom is 0.258 e. The van der Waals surface area contributed by atoms with Gasteiger partial charge in [-0.05, 0) is 62.7 Å². The molecule has 1 saturated heterocycles. The maximum atomic E-state index is 13.8. The smallest absolute Gasteiger partial charge is 0.258 e. The molecule has 1 heterocycles. The predicted molar refractivity (Wildman–Crippen MR) is 111 cm³/mol. The summed E-state index contributed by atoms with van der Waals surface area (Å²) in [4.78, 5) is 27.0. The number of carbonyl (C=O) groups excluding carboxylic acids is 2. The number of piperidine rings is 1. The number of anilines is 1. The topological polar surface area (TPSA) is 61.4 Å². The van der Waals surface area contributed by atoms with Gasteiger partial charge in [0.1, 0.15) is 5.82 Å². The third-order valence-corrected chi connectivity index (χ3v) is 5.03. The van der Waals surface area contributed by atoms with E-state index < -0.39 is 11.7 Å². The fourth-order valence-corrected chi connectivity index (χ4v) is 3.29. The second kappa shape index (κ2) is 9.66. The quantitative estimate of drug-likeness (QED) is 0.816. The number of benzene rings is 2. The normalized spacial score (nSPS) is 14.1. The van der Waals surface area contributed by atoms with Gasteiger partial charge in [0.25, 0.3) is 11.8 Å². The monoisotopic (exact) mass is 405 g/mol. The summed E-state index contributed by atoms with van der Waals surface area (Å²) in [6, 6.07) is 11.2. The van der Waals surface area contributed by atoms with E-state index in [1.807, 2.05) is 14.0 Å². The van der Waals surface area contributed by atoms with Gasteiger partial charge in [0.15, 0.2) is 0 Å². The first-order chi connectivity index (χ1) is 13.0. The fourth-order valence-electron chi connectivity index (χ4n) is 3.29. The van der Waals surface area contributed by atoms with Crippen molar-refractivity contribution < 1.29 is 14.0 Å². The Hall–Kier alpha value is -2.44. The summed E-state index contributed by atoms with van der Waals surface area (Å²) in [5, 5.41) is 6.01. The van der Waals surface area contributed by atoms with Crippen molar-refractivity contribution in [3.05, 3.63) is 65.0 Å². The Labute approximate surface area is 170 Å². The van der Waals surface area contributed by atoms with Crippen molar-refractivity contribution >= 4 is 29.9 Å². The third-order valence-electron chi connectivity index (χ3n) is 5.03. The summed E-state index contributed by atoms with van der Waals surface area (Å²) >= 11 is 0. The number of nitrogens with one attached hydrogen (secondary N) is 2. The number of carbonyl (C=O) groups is 2. The molecule has 0 saturated carbocycles. The molecule has 2 aromatic rings. The van der Waals surface area contributed by atoms with Crippen molar-refractivity contribution in [3.63, 3.8) is 0 Å². The summed E-state index contributed by atoms with van der Waals surface area (Å²) in [6.07, 6.45) is 1.84. The summed E-state index contributed by atoms with van der Waals surface area (Å²) in [5.41, 5.74) is 1.79. The minimum atomic E-state index is -0.578. The van der Waals surface area contributed by atoms with Gasteiger partial charge in [-0.25, -0.2) is 4.39 Å². The van der Waals surface area contributed by atoms with E-state index in [1.165, 1.54) is 18.2 Å². The molecule has 7 heteroatoms. The number of nitrogens with zero attached hydrogens (tertiary/aromatic N) is 1. The van der Waals surface area contributed by atoms with Gasteiger partial charge in [-0.3, -0.25) is 9.59 Å². The molecule has 150 valence electrons. The van der Waals surface area contributed by atoms with E-state index in [0.717, 1.165) is 31.5 Å². The highest BCUT2D eigenvalue weighted by atomic mass is 35.5. The number of hydrogen-bond donors (Lipinski definition) is 2. The number of halogens is 2. The zero-order chi connectivity index (χ0) is 19.4. The lowest BCUT2D eigenvalue weighted by Gasteiger charge is -2.31. The highest BCUT2D eigenvalue weighted by Gasteiger charge is 2.23. The van der Waals surface area contributed by atoms with E-state index in [-0.39, 0.29) is 29.9 Å². The van der Waals surface area contributed by atoms with Crippen molar-refractivity contribution in [1.82, 2.24) is 10.2 Å². The summed E-state index contributed by atoms with van der Waals surface area (Å²) in [5.74, 6) is -1.19. The van der Waals surface area contributed by atoms with Crippen LogP contribution in [0.2, 0.25) is 0 Å². The lowest BCUT2D eigenvalue weighted by molar-refractivity contribution is 0.0703. The second-order valence-electron chi connectivity index (χ2n) is 6.86. The molecule has 0 unspecified atom stereocenters. The molecule has 0 atom stereocenters. The Morgan fingerprint density at radius 3 is 2.50 bits per heavy atom. The van der Waals surface area contributed by atoms with E-state index in [0.29, 0.717) is 11.3 Å². The molecule has 0 radical (unpaired) electrons. The van der Waals surface area contributed by atoms with E-state index in [4.69, 9.17) is 0 Å². The average Bonchev–Trinajstić information content (AvgIpc) is 2.69. The lowest BCUT2D eigenvalue weighted by atomic mass is 10.0. The molecule has 1 aliphatic heterocycles. The molecule has 28 heavy (non-hydrogen) atoms. The molecule has 3 rings (SSSR count). The Morgan fingerprint density at radius 1 is 1.14 bits per heavy atom. The molecule has 0 aliphatic carbocycles. The van der Waals surface area contributed by atoms with Crippen LogP contribution in [0, 0.1) is 12.7 Å². The van der Waals surface area contributed by atoms with Crippen molar-refractivity contribution in [2.24, 2.45) is 0 Å². The molecule has 2 N–H and O–H groups in total. The third kappa shape index (κ3) is 4.88. The van der Waals surface area contributed by atoms with Gasteiger partial charge in [-0.1, -0.05) is 18.2 Å². The summed E-state index contributed by atoms with van der Waals surface area (Å²) in [7, 11) is 1.82. The highest BCUT2D eigenvalue weighted by molar-refractivity contribution is 6.05. The van der Waals surface area contributed by atoms with Crippen LogP contribution >= 0.6 is 12.4 Å². The molecule has 5 nitrogen and oxygen atoms in total. The SMILES string of the molecule is Cc1ccc(C(=O)N(C)C2CCNCC2)cc1NC(=O)c1ccccc1F.Cl. The minimum absolute atomic E-state index is 0. The van der Waals surface area contributed by atoms with Crippen LogP contribution in [-0.2, 0) is 0 Å². The molecule has 2 amide bonds. The van der Waals surface area contributed by atoms with E-state index in [1.54, 1.807) is 29.2 Å². The van der Waals surface area contributed by atoms with Gasteiger partial charge >= 0.3 is 0 Å². The van der Waals surface area contributed by atoms with Crippen LogP contribution in [-0.4, -0.2) is 42.9 Å². The highest BCUT2D eigenvalue weighted by Crippen LogP contribution is 2.21. The van der Waals surface area contributed by atoms with Crippen molar-refractivity contribution in [1.29, 1.82) is 0 Å². The zero-order valence-corrected chi connectivity index (χ0v) is 16.8. The Kier molecular flexibility index (Phi) is 7.54. The van der Waals surface area contributed by atoms with Crippen molar-refractivity contribution in [3.8, 4) is 0 Å². The van der Waals surface area contributed by atoms with Gasteiger partial charge in [0.05, 0.1) is 5.56 Å². The van der Waals surface area contributed by atoms with E-state index in [9.17, 15) is 14.0 Å². The molecule has 1 fully saturated rings. The standard InChI is InChI=1S/C21H24FN3O2.ClH/c1-14-7-8-15(21(27)25(2)16-9-11-23-12-10-16)13-19(14)24-20(26)17-5-3-4-6-18(17)22;/h3-8,13,16,23H,9-12H2,1-2H3,(H,24,26);1H. The predicted octanol–water partition coefficient (Wildman–Crippen LogP) is 3.63. The van der Waals surface area contributed by atoms with Crippen LogP contribution < -0.4 is 10.6 Å². The number of amides is 2. The largest absolute Gasteiger partial charge is 0.339 e. The van der Waals surface area contributed by atoms with Gasteiger partial charge in [0, 0.05) is 24.3 Å². The molecule has 0 bridgehead atoms. The summed E-state index contributed by atoms with van der Waals surface area (Å²) < 4.78 is 13.8. The van der Waals surface area contributed by atoms with E-state index in [2.05, 4.69) is 10.6 Å². The molecule has 0 aromatic heterocycles. The minimum Gasteiger partial charge on any atom is -0.339 e. The van der Waals surface area contributed by atoms with Crippen LogP contribution in [0.5, 0.6) is 0 Å².